The van der Waals surface area contributed by atoms with Crippen molar-refractivity contribution in [1.29, 1.82) is 0 Å². The lowest BCUT2D eigenvalue weighted by Crippen LogP contribution is -2.41. The zero-order valence-corrected chi connectivity index (χ0v) is 15.3. The second kappa shape index (κ2) is 8.02. The first-order valence-electron chi connectivity index (χ1n) is 7.78. The zero-order valence-electron chi connectivity index (χ0n) is 14.5. The summed E-state index contributed by atoms with van der Waals surface area (Å²) in [7, 11) is -2.20. The summed E-state index contributed by atoms with van der Waals surface area (Å²) in [4.78, 5) is 12.4. The highest BCUT2D eigenvalue weighted by atomic mass is 32.2. The van der Waals surface area contributed by atoms with E-state index in [0.29, 0.717) is 11.4 Å². The average molecular weight is 362 g/mol. The highest BCUT2D eigenvalue weighted by Gasteiger charge is 2.24. The standard InChI is InChI=1S/C18H22N2O4S/c1-14(15-9-5-4-6-10-15)19-18(21)13-20(25(3,22)23)16-11-7-8-12-17(16)24-2/h4-12,14H,13H2,1-3H3,(H,19,21)/t14-/m1/s1. The maximum Gasteiger partial charge on any atom is 0.241 e. The van der Waals surface area contributed by atoms with Gasteiger partial charge in [0.05, 0.1) is 25.1 Å². The Morgan fingerprint density at radius 1 is 1.12 bits per heavy atom. The van der Waals surface area contributed by atoms with E-state index >= 15 is 0 Å². The predicted molar refractivity (Wildman–Crippen MR) is 98.2 cm³/mol. The number of para-hydroxylation sites is 2. The average Bonchev–Trinajstić information content (AvgIpc) is 2.59. The number of carbonyl (C=O) groups is 1. The van der Waals surface area contributed by atoms with Crippen molar-refractivity contribution in [3.8, 4) is 5.75 Å². The van der Waals surface area contributed by atoms with E-state index in [2.05, 4.69) is 5.32 Å². The van der Waals surface area contributed by atoms with Crippen molar-refractivity contribution >= 4 is 21.6 Å². The van der Waals surface area contributed by atoms with Crippen LogP contribution in [0.1, 0.15) is 18.5 Å². The molecule has 134 valence electrons. The third-order valence-corrected chi connectivity index (χ3v) is 4.84. The first-order chi connectivity index (χ1) is 11.8. The first-order valence-corrected chi connectivity index (χ1v) is 9.63. The molecule has 1 atom stereocenters. The van der Waals surface area contributed by atoms with E-state index in [4.69, 9.17) is 4.74 Å². The quantitative estimate of drug-likeness (QED) is 0.820. The number of benzene rings is 2. The summed E-state index contributed by atoms with van der Waals surface area (Å²) in [5.41, 5.74) is 1.27. The van der Waals surface area contributed by atoms with Gasteiger partial charge in [-0.2, -0.15) is 0 Å². The van der Waals surface area contributed by atoms with Crippen LogP contribution < -0.4 is 14.4 Å². The number of hydrogen-bond acceptors (Lipinski definition) is 4. The van der Waals surface area contributed by atoms with Crippen molar-refractivity contribution in [3.05, 3.63) is 60.2 Å². The SMILES string of the molecule is COc1ccccc1N(CC(=O)N[C@H](C)c1ccccc1)S(C)(=O)=O. The van der Waals surface area contributed by atoms with Crippen LogP contribution in [0, 0.1) is 0 Å². The van der Waals surface area contributed by atoms with Gasteiger partial charge in [-0.05, 0) is 24.6 Å². The molecule has 6 nitrogen and oxygen atoms in total. The summed E-state index contributed by atoms with van der Waals surface area (Å²) in [6, 6.07) is 15.9. The molecule has 0 bridgehead atoms. The highest BCUT2D eigenvalue weighted by Crippen LogP contribution is 2.29. The zero-order chi connectivity index (χ0) is 18.4. The van der Waals surface area contributed by atoms with Crippen molar-refractivity contribution < 1.29 is 17.9 Å². The summed E-state index contributed by atoms with van der Waals surface area (Å²) < 4.78 is 30.6. The van der Waals surface area contributed by atoms with Crippen molar-refractivity contribution in [2.24, 2.45) is 0 Å². The molecule has 0 radical (unpaired) electrons. The van der Waals surface area contributed by atoms with Crippen LogP contribution in [-0.2, 0) is 14.8 Å². The molecule has 0 fully saturated rings. The Labute approximate surface area is 148 Å². The minimum absolute atomic E-state index is 0.229. The molecule has 2 rings (SSSR count). The van der Waals surface area contributed by atoms with Gasteiger partial charge in [0, 0.05) is 0 Å². The normalized spacial score (nSPS) is 12.3. The number of ether oxygens (including phenoxy) is 1. The molecule has 0 aliphatic heterocycles. The van der Waals surface area contributed by atoms with Crippen LogP contribution in [0.2, 0.25) is 0 Å². The van der Waals surface area contributed by atoms with Gasteiger partial charge in [0.25, 0.3) is 0 Å². The van der Waals surface area contributed by atoms with Crippen molar-refractivity contribution in [2.75, 3.05) is 24.2 Å². The molecule has 2 aromatic carbocycles. The van der Waals surface area contributed by atoms with E-state index in [-0.39, 0.29) is 12.6 Å². The fraction of sp³-hybridized carbons (Fsp3) is 0.278. The van der Waals surface area contributed by atoms with Gasteiger partial charge < -0.3 is 10.1 Å². The predicted octanol–water partition coefficient (Wildman–Crippen LogP) is 2.34. The van der Waals surface area contributed by atoms with Crippen molar-refractivity contribution in [1.82, 2.24) is 5.32 Å². The van der Waals surface area contributed by atoms with Gasteiger partial charge in [0.15, 0.2) is 0 Å². The molecule has 0 unspecified atom stereocenters. The monoisotopic (exact) mass is 362 g/mol. The Hall–Kier alpha value is -2.54. The van der Waals surface area contributed by atoms with E-state index < -0.39 is 15.9 Å². The maximum absolute atomic E-state index is 12.4. The van der Waals surface area contributed by atoms with Crippen LogP contribution in [0.3, 0.4) is 0 Å². The largest absolute Gasteiger partial charge is 0.495 e. The van der Waals surface area contributed by atoms with E-state index in [9.17, 15) is 13.2 Å². The van der Waals surface area contributed by atoms with Crippen LogP contribution in [0.5, 0.6) is 5.75 Å². The number of sulfonamides is 1. The lowest BCUT2D eigenvalue weighted by atomic mass is 10.1. The highest BCUT2D eigenvalue weighted by molar-refractivity contribution is 7.92. The maximum atomic E-state index is 12.4. The van der Waals surface area contributed by atoms with Crippen LogP contribution in [0.25, 0.3) is 0 Å². The van der Waals surface area contributed by atoms with Crippen LogP contribution in [0.4, 0.5) is 5.69 Å². The Balaban J connectivity index is 2.19. The molecule has 1 N–H and O–H groups in total. The number of rotatable bonds is 7. The van der Waals surface area contributed by atoms with Crippen molar-refractivity contribution in [2.45, 2.75) is 13.0 Å². The number of carbonyl (C=O) groups excluding carboxylic acids is 1. The van der Waals surface area contributed by atoms with Crippen LogP contribution >= 0.6 is 0 Å². The summed E-state index contributed by atoms with van der Waals surface area (Å²) in [5, 5.41) is 2.82. The number of anilines is 1. The van der Waals surface area contributed by atoms with Crippen LogP contribution in [-0.4, -0.2) is 34.2 Å². The summed E-state index contributed by atoms with van der Waals surface area (Å²) in [6.07, 6.45) is 1.06. The summed E-state index contributed by atoms with van der Waals surface area (Å²) in [6.45, 7) is 1.53. The first kappa shape index (κ1) is 18.8. The Morgan fingerprint density at radius 3 is 2.32 bits per heavy atom. The van der Waals surface area contributed by atoms with Crippen LogP contribution in [0.15, 0.2) is 54.6 Å². The molecule has 25 heavy (non-hydrogen) atoms. The number of hydrogen-bond donors (Lipinski definition) is 1. The Bertz CT molecular complexity index is 822. The fourth-order valence-electron chi connectivity index (χ4n) is 2.46. The van der Waals surface area contributed by atoms with Gasteiger partial charge in [-0.1, -0.05) is 42.5 Å². The Morgan fingerprint density at radius 2 is 1.72 bits per heavy atom. The fourth-order valence-corrected chi connectivity index (χ4v) is 3.32. The minimum Gasteiger partial charge on any atom is -0.495 e. The number of nitrogens with one attached hydrogen (secondary N) is 1. The third-order valence-electron chi connectivity index (χ3n) is 3.72. The number of amides is 1. The van der Waals surface area contributed by atoms with E-state index in [1.807, 2.05) is 37.3 Å². The van der Waals surface area contributed by atoms with E-state index in [0.717, 1.165) is 16.1 Å². The smallest absolute Gasteiger partial charge is 0.241 e. The van der Waals surface area contributed by atoms with Gasteiger partial charge in [-0.25, -0.2) is 8.42 Å². The molecule has 0 aliphatic rings. The molecule has 0 saturated carbocycles. The molecule has 0 aliphatic carbocycles. The van der Waals surface area contributed by atoms with Gasteiger partial charge >= 0.3 is 0 Å². The number of nitrogens with zero attached hydrogens (tertiary/aromatic N) is 1. The summed E-state index contributed by atoms with van der Waals surface area (Å²) in [5.74, 6) is -0.00971. The molecule has 1 amide bonds. The number of methoxy groups -OCH3 is 1. The molecule has 7 heteroatoms. The molecule has 0 heterocycles. The molecule has 0 aromatic heterocycles. The molecule has 2 aromatic rings. The van der Waals surface area contributed by atoms with Gasteiger partial charge in [0.2, 0.25) is 15.9 Å². The topological polar surface area (TPSA) is 75.7 Å². The third kappa shape index (κ3) is 4.96. The molecular formula is C18H22N2O4S. The second-order valence-corrected chi connectivity index (χ2v) is 7.55. The Kier molecular flexibility index (Phi) is 6.03. The molecule has 0 spiro atoms. The van der Waals surface area contributed by atoms with Crippen molar-refractivity contribution in [3.63, 3.8) is 0 Å². The summed E-state index contributed by atoms with van der Waals surface area (Å²) >= 11 is 0. The molecule has 0 saturated heterocycles. The van der Waals surface area contributed by atoms with Gasteiger partial charge in [0.1, 0.15) is 12.3 Å². The lowest BCUT2D eigenvalue weighted by molar-refractivity contribution is -0.120. The molecular weight excluding hydrogens is 340 g/mol. The van der Waals surface area contributed by atoms with E-state index in [1.165, 1.54) is 7.11 Å². The minimum atomic E-state index is -3.65. The van der Waals surface area contributed by atoms with Gasteiger partial charge in [-0.3, -0.25) is 9.10 Å². The van der Waals surface area contributed by atoms with E-state index in [1.54, 1.807) is 24.3 Å². The van der Waals surface area contributed by atoms with Gasteiger partial charge in [-0.15, -0.1) is 0 Å². The second-order valence-electron chi connectivity index (χ2n) is 5.64. The lowest BCUT2D eigenvalue weighted by Gasteiger charge is -2.24.